The molecule has 1 nitrogen and oxygen atoms in total. The van der Waals surface area contributed by atoms with Crippen molar-refractivity contribution in [1.29, 1.82) is 0 Å². The molecule has 3 aromatic rings. The predicted molar refractivity (Wildman–Crippen MR) is 127 cm³/mol. The van der Waals surface area contributed by atoms with Crippen LogP contribution >= 0.6 is 0 Å². The summed E-state index contributed by atoms with van der Waals surface area (Å²) in [6.45, 7) is 17.6. The van der Waals surface area contributed by atoms with Gasteiger partial charge >= 0.3 is 0 Å². The van der Waals surface area contributed by atoms with Crippen LogP contribution in [0.3, 0.4) is 0 Å². The van der Waals surface area contributed by atoms with Gasteiger partial charge in [0.05, 0.1) is 0 Å². The molecule has 0 N–H and O–H groups in total. The first-order valence-corrected chi connectivity index (χ1v) is 10.3. The Bertz CT molecular complexity index is 1160. The molecule has 0 radical (unpaired) electrons. The minimum absolute atomic E-state index is 0.963. The molecule has 1 heteroatoms. The lowest BCUT2D eigenvalue weighted by molar-refractivity contribution is 1.10. The molecule has 0 fully saturated rings. The zero-order valence-corrected chi connectivity index (χ0v) is 18.2. The van der Waals surface area contributed by atoms with Crippen LogP contribution in [-0.2, 0) is 6.42 Å². The van der Waals surface area contributed by atoms with E-state index in [9.17, 15) is 0 Å². The third-order valence-corrected chi connectivity index (χ3v) is 6.16. The minimum Gasteiger partial charge on any atom is -0.344 e. The van der Waals surface area contributed by atoms with Gasteiger partial charge in [-0.3, -0.25) is 0 Å². The highest BCUT2D eigenvalue weighted by molar-refractivity contribution is 5.98. The molecule has 0 bridgehead atoms. The van der Waals surface area contributed by atoms with E-state index in [1.165, 1.54) is 55.9 Å². The first-order valence-electron chi connectivity index (χ1n) is 10.3. The average molecular weight is 380 g/mol. The third kappa shape index (κ3) is 3.11. The van der Waals surface area contributed by atoms with E-state index in [4.69, 9.17) is 0 Å². The van der Waals surface area contributed by atoms with Gasteiger partial charge in [-0.1, -0.05) is 56.0 Å². The van der Waals surface area contributed by atoms with Gasteiger partial charge in [0.2, 0.25) is 0 Å². The Morgan fingerprint density at radius 1 is 0.828 bits per heavy atom. The Labute approximate surface area is 175 Å². The molecular formula is C28H29N. The number of hydrogen-bond acceptors (Lipinski definition) is 1. The molecular weight excluding hydrogens is 350 g/mol. The summed E-state index contributed by atoms with van der Waals surface area (Å²) >= 11 is 0. The summed E-state index contributed by atoms with van der Waals surface area (Å²) in [5.74, 6) is 0. The molecule has 0 saturated heterocycles. The molecule has 1 aliphatic heterocycles. The van der Waals surface area contributed by atoms with Gasteiger partial charge in [0, 0.05) is 29.5 Å². The van der Waals surface area contributed by atoms with Gasteiger partial charge in [0.1, 0.15) is 0 Å². The van der Waals surface area contributed by atoms with Crippen molar-refractivity contribution >= 4 is 22.5 Å². The van der Waals surface area contributed by atoms with Gasteiger partial charge in [0.15, 0.2) is 0 Å². The monoisotopic (exact) mass is 379 g/mol. The predicted octanol–water partition coefficient (Wildman–Crippen LogP) is 7.38. The molecule has 0 amide bonds. The SMILES string of the molecule is C=C(c1ccc(C)cc1C)c1cc2c(cc1CC)C(=C)c1ccc(C)cc1N2C. The van der Waals surface area contributed by atoms with Crippen molar-refractivity contribution < 1.29 is 0 Å². The molecule has 0 aliphatic carbocycles. The van der Waals surface area contributed by atoms with Crippen molar-refractivity contribution in [2.75, 3.05) is 11.9 Å². The van der Waals surface area contributed by atoms with Crippen LogP contribution in [0.25, 0.3) is 11.1 Å². The molecule has 0 unspecified atom stereocenters. The van der Waals surface area contributed by atoms with Crippen molar-refractivity contribution in [2.24, 2.45) is 0 Å². The Balaban J connectivity index is 1.89. The lowest BCUT2D eigenvalue weighted by atomic mass is 9.84. The quantitative estimate of drug-likeness (QED) is 0.459. The Kier molecular flexibility index (Phi) is 4.70. The maximum absolute atomic E-state index is 4.50. The molecule has 0 saturated carbocycles. The molecule has 4 rings (SSSR count). The van der Waals surface area contributed by atoms with E-state index >= 15 is 0 Å². The highest BCUT2D eigenvalue weighted by Gasteiger charge is 2.25. The number of hydrogen-bond donors (Lipinski definition) is 0. The summed E-state index contributed by atoms with van der Waals surface area (Å²) in [4.78, 5) is 2.30. The summed E-state index contributed by atoms with van der Waals surface area (Å²) in [5, 5.41) is 0. The second-order valence-electron chi connectivity index (χ2n) is 8.24. The van der Waals surface area contributed by atoms with Gasteiger partial charge in [-0.2, -0.15) is 0 Å². The van der Waals surface area contributed by atoms with Crippen LogP contribution in [0, 0.1) is 20.8 Å². The zero-order valence-electron chi connectivity index (χ0n) is 18.2. The first kappa shape index (κ1) is 19.3. The van der Waals surface area contributed by atoms with E-state index in [2.05, 4.69) is 101 Å². The average Bonchev–Trinajstić information content (AvgIpc) is 2.70. The molecule has 1 aliphatic rings. The topological polar surface area (TPSA) is 3.24 Å². The summed E-state index contributed by atoms with van der Waals surface area (Å²) in [6, 6.07) is 17.8. The number of aryl methyl sites for hydroxylation is 4. The number of rotatable bonds is 3. The van der Waals surface area contributed by atoms with Crippen LogP contribution in [0.5, 0.6) is 0 Å². The van der Waals surface area contributed by atoms with E-state index in [0.717, 1.165) is 17.6 Å². The van der Waals surface area contributed by atoms with E-state index in [0.29, 0.717) is 0 Å². The van der Waals surface area contributed by atoms with Gasteiger partial charge in [-0.05, 0) is 84.4 Å². The van der Waals surface area contributed by atoms with Gasteiger partial charge in [-0.15, -0.1) is 0 Å². The first-order chi connectivity index (χ1) is 13.8. The van der Waals surface area contributed by atoms with Crippen LogP contribution in [0.1, 0.15) is 51.4 Å². The van der Waals surface area contributed by atoms with Crippen molar-refractivity contribution in [2.45, 2.75) is 34.1 Å². The highest BCUT2D eigenvalue weighted by atomic mass is 15.1. The summed E-state index contributed by atoms with van der Waals surface area (Å²) < 4.78 is 0. The van der Waals surface area contributed by atoms with Crippen molar-refractivity contribution in [1.82, 2.24) is 0 Å². The van der Waals surface area contributed by atoms with Crippen LogP contribution in [0.2, 0.25) is 0 Å². The largest absolute Gasteiger partial charge is 0.344 e. The van der Waals surface area contributed by atoms with E-state index < -0.39 is 0 Å². The molecule has 146 valence electrons. The Morgan fingerprint density at radius 3 is 2.17 bits per heavy atom. The molecule has 0 spiro atoms. The Hall–Kier alpha value is -3.06. The number of anilines is 2. The van der Waals surface area contributed by atoms with Gasteiger partial charge < -0.3 is 4.90 Å². The smallest absolute Gasteiger partial charge is 0.0494 e. The van der Waals surface area contributed by atoms with Crippen molar-refractivity contribution in [3.05, 3.63) is 106 Å². The Morgan fingerprint density at radius 2 is 1.48 bits per heavy atom. The molecule has 0 atom stereocenters. The van der Waals surface area contributed by atoms with Crippen LogP contribution in [0.4, 0.5) is 11.4 Å². The van der Waals surface area contributed by atoms with Crippen molar-refractivity contribution in [3.8, 4) is 0 Å². The van der Waals surface area contributed by atoms with Crippen LogP contribution < -0.4 is 4.90 Å². The summed E-state index contributed by atoms with van der Waals surface area (Å²) in [5.41, 5.74) is 14.6. The summed E-state index contributed by atoms with van der Waals surface area (Å²) in [6.07, 6.45) is 0.963. The maximum Gasteiger partial charge on any atom is 0.0494 e. The number of nitrogens with zero attached hydrogens (tertiary/aromatic N) is 1. The number of benzene rings is 3. The highest BCUT2D eigenvalue weighted by Crippen LogP contribution is 2.46. The molecule has 29 heavy (non-hydrogen) atoms. The summed E-state index contributed by atoms with van der Waals surface area (Å²) in [7, 11) is 2.15. The molecule has 0 aromatic heterocycles. The standard InChI is InChI=1S/C28H29N/c1-8-22-15-26-21(6)24-12-10-18(3)14-27(24)29(7)28(26)16-25(22)20(5)23-11-9-17(2)13-19(23)4/h9-16H,5-6,8H2,1-4,7H3. The fourth-order valence-electron chi connectivity index (χ4n) is 4.47. The molecule has 3 aromatic carbocycles. The van der Waals surface area contributed by atoms with Gasteiger partial charge in [0.25, 0.3) is 0 Å². The molecule has 1 heterocycles. The lowest BCUT2D eigenvalue weighted by Crippen LogP contribution is -2.19. The second kappa shape index (κ2) is 7.08. The lowest BCUT2D eigenvalue weighted by Gasteiger charge is -2.33. The van der Waals surface area contributed by atoms with E-state index in [1.807, 2.05) is 0 Å². The maximum atomic E-state index is 4.50. The normalized spacial score (nSPS) is 12.6. The fourth-order valence-corrected chi connectivity index (χ4v) is 4.47. The zero-order chi connectivity index (χ0) is 20.9. The van der Waals surface area contributed by atoms with Gasteiger partial charge in [-0.25, -0.2) is 0 Å². The second-order valence-corrected chi connectivity index (χ2v) is 8.24. The van der Waals surface area contributed by atoms with Crippen molar-refractivity contribution in [3.63, 3.8) is 0 Å². The third-order valence-electron chi connectivity index (χ3n) is 6.16. The fraction of sp³-hybridized carbons (Fsp3) is 0.214. The van der Waals surface area contributed by atoms with Crippen LogP contribution in [-0.4, -0.2) is 7.05 Å². The minimum atomic E-state index is 0.963. The van der Waals surface area contributed by atoms with E-state index in [-0.39, 0.29) is 0 Å². The number of fused-ring (bicyclic) bond motifs is 2. The van der Waals surface area contributed by atoms with Crippen LogP contribution in [0.15, 0.2) is 61.7 Å². The van der Waals surface area contributed by atoms with E-state index in [1.54, 1.807) is 0 Å².